The Kier molecular flexibility index (Phi) is 6.53. The van der Waals surface area contributed by atoms with Crippen molar-refractivity contribution in [3.05, 3.63) is 45.4 Å². The van der Waals surface area contributed by atoms with Gasteiger partial charge >= 0.3 is 0 Å². The van der Waals surface area contributed by atoms with Gasteiger partial charge in [0.1, 0.15) is 0 Å². The summed E-state index contributed by atoms with van der Waals surface area (Å²) >= 11 is 9.36. The van der Waals surface area contributed by atoms with Crippen molar-refractivity contribution in [1.29, 1.82) is 0 Å². The van der Waals surface area contributed by atoms with Crippen molar-refractivity contribution in [2.45, 2.75) is 32.6 Å². The number of hydrogen-bond acceptors (Lipinski definition) is 1. The summed E-state index contributed by atoms with van der Waals surface area (Å²) in [6.07, 6.45) is 5.67. The van der Waals surface area contributed by atoms with Gasteiger partial charge in [0.25, 0.3) is 0 Å². The van der Waals surface area contributed by atoms with E-state index >= 15 is 0 Å². The largest absolute Gasteiger partial charge is 0.289 e. The van der Waals surface area contributed by atoms with Crippen molar-refractivity contribution in [2.24, 2.45) is 0 Å². The Morgan fingerprint density at radius 1 is 1.29 bits per heavy atom. The zero-order chi connectivity index (χ0) is 12.7. The van der Waals surface area contributed by atoms with Crippen molar-refractivity contribution >= 4 is 33.3 Å². The molecule has 0 saturated carbocycles. The molecular weight excluding hydrogens is 300 g/mol. The molecule has 0 amide bonds. The molecule has 0 saturated heterocycles. The van der Waals surface area contributed by atoms with Gasteiger partial charge in [-0.05, 0) is 37.1 Å². The first-order valence-corrected chi connectivity index (χ1v) is 6.96. The van der Waals surface area contributed by atoms with E-state index in [1.807, 2.05) is 12.1 Å². The molecule has 0 radical (unpaired) electrons. The molecule has 0 unspecified atom stereocenters. The zero-order valence-electron chi connectivity index (χ0n) is 9.88. The third kappa shape index (κ3) is 5.51. The standard InChI is InChI=1S/C14H16BrClO/c1-2-3-4-5-13(16)10-14(17)11-6-8-12(15)9-7-11/h6-10H,2-5H2,1H3/b13-10+. The Morgan fingerprint density at radius 2 is 1.94 bits per heavy atom. The Balaban J connectivity index is 2.58. The number of hydrogen-bond donors (Lipinski definition) is 0. The molecule has 0 aliphatic heterocycles. The number of allylic oxidation sites excluding steroid dienone is 2. The third-order valence-electron chi connectivity index (χ3n) is 2.44. The van der Waals surface area contributed by atoms with Gasteiger partial charge in [0.05, 0.1) is 0 Å². The van der Waals surface area contributed by atoms with E-state index in [1.165, 1.54) is 6.08 Å². The number of halogens is 2. The van der Waals surface area contributed by atoms with Gasteiger partial charge in [-0.25, -0.2) is 0 Å². The molecular formula is C14H16BrClO. The molecule has 1 aromatic rings. The van der Waals surface area contributed by atoms with Crippen LogP contribution in [-0.4, -0.2) is 5.78 Å². The van der Waals surface area contributed by atoms with Crippen molar-refractivity contribution in [1.82, 2.24) is 0 Å². The lowest BCUT2D eigenvalue weighted by Crippen LogP contribution is -1.94. The van der Waals surface area contributed by atoms with Crippen LogP contribution in [0.15, 0.2) is 39.8 Å². The molecule has 0 atom stereocenters. The van der Waals surface area contributed by atoms with Gasteiger partial charge in [-0.2, -0.15) is 0 Å². The number of ketones is 1. The van der Waals surface area contributed by atoms with Gasteiger partial charge in [0.2, 0.25) is 0 Å². The van der Waals surface area contributed by atoms with E-state index in [1.54, 1.807) is 12.1 Å². The highest BCUT2D eigenvalue weighted by molar-refractivity contribution is 9.10. The van der Waals surface area contributed by atoms with Crippen LogP contribution in [0.2, 0.25) is 0 Å². The van der Waals surface area contributed by atoms with Gasteiger partial charge in [0.15, 0.2) is 5.78 Å². The zero-order valence-corrected chi connectivity index (χ0v) is 12.2. The average Bonchev–Trinajstić information content (AvgIpc) is 2.30. The molecule has 17 heavy (non-hydrogen) atoms. The number of carbonyl (C=O) groups excluding carboxylic acids is 1. The molecule has 0 aromatic heterocycles. The predicted molar refractivity (Wildman–Crippen MR) is 76.6 cm³/mol. The third-order valence-corrected chi connectivity index (χ3v) is 3.26. The van der Waals surface area contributed by atoms with Crippen LogP contribution in [0.5, 0.6) is 0 Å². The molecule has 1 rings (SSSR count). The fourth-order valence-electron chi connectivity index (χ4n) is 1.46. The molecule has 3 heteroatoms. The average molecular weight is 316 g/mol. The normalized spacial score (nSPS) is 11.6. The number of unbranched alkanes of at least 4 members (excludes halogenated alkanes) is 2. The second-order valence-corrected chi connectivity index (χ2v) is 5.32. The summed E-state index contributed by atoms with van der Waals surface area (Å²) in [4.78, 5) is 11.8. The van der Waals surface area contributed by atoms with Crippen LogP contribution in [0.1, 0.15) is 43.0 Å². The molecule has 0 fully saturated rings. The minimum atomic E-state index is -0.0287. The smallest absolute Gasteiger partial charge is 0.186 e. The summed E-state index contributed by atoms with van der Waals surface area (Å²) in [6, 6.07) is 7.29. The summed E-state index contributed by atoms with van der Waals surface area (Å²) < 4.78 is 0.965. The van der Waals surface area contributed by atoms with Crippen molar-refractivity contribution < 1.29 is 4.79 Å². The monoisotopic (exact) mass is 314 g/mol. The maximum absolute atomic E-state index is 11.8. The van der Waals surface area contributed by atoms with Crippen LogP contribution in [0.25, 0.3) is 0 Å². The second-order valence-electron chi connectivity index (χ2n) is 3.92. The topological polar surface area (TPSA) is 17.1 Å². The lowest BCUT2D eigenvalue weighted by Gasteiger charge is -1.99. The number of carbonyl (C=O) groups is 1. The number of benzene rings is 1. The molecule has 1 nitrogen and oxygen atoms in total. The van der Waals surface area contributed by atoms with Crippen molar-refractivity contribution in [3.8, 4) is 0 Å². The van der Waals surface area contributed by atoms with Gasteiger partial charge in [0, 0.05) is 21.1 Å². The predicted octanol–water partition coefficient (Wildman–Crippen LogP) is 5.33. The summed E-state index contributed by atoms with van der Waals surface area (Å²) in [5.41, 5.74) is 0.668. The van der Waals surface area contributed by atoms with Gasteiger partial charge in [-0.3, -0.25) is 4.79 Å². The van der Waals surface area contributed by atoms with Crippen molar-refractivity contribution in [2.75, 3.05) is 0 Å². The Morgan fingerprint density at radius 3 is 2.53 bits per heavy atom. The first-order valence-electron chi connectivity index (χ1n) is 5.79. The summed E-state index contributed by atoms with van der Waals surface area (Å²) in [6.45, 7) is 2.14. The van der Waals surface area contributed by atoms with E-state index in [4.69, 9.17) is 11.6 Å². The van der Waals surface area contributed by atoms with Crippen LogP contribution in [-0.2, 0) is 0 Å². The Bertz CT molecular complexity index is 395. The summed E-state index contributed by atoms with van der Waals surface area (Å²) in [7, 11) is 0. The van der Waals surface area contributed by atoms with E-state index in [-0.39, 0.29) is 5.78 Å². The Hall–Kier alpha value is -0.600. The van der Waals surface area contributed by atoms with Crippen LogP contribution in [0.3, 0.4) is 0 Å². The molecule has 92 valence electrons. The maximum atomic E-state index is 11.8. The number of rotatable bonds is 6. The molecule has 0 bridgehead atoms. The molecule has 0 aliphatic rings. The first-order chi connectivity index (χ1) is 8.13. The minimum Gasteiger partial charge on any atom is -0.289 e. The van der Waals surface area contributed by atoms with Gasteiger partial charge < -0.3 is 0 Å². The van der Waals surface area contributed by atoms with E-state index in [9.17, 15) is 4.79 Å². The van der Waals surface area contributed by atoms with Gasteiger partial charge in [-0.15, -0.1) is 0 Å². The maximum Gasteiger partial charge on any atom is 0.186 e. The Labute approximate surface area is 116 Å². The SMILES string of the molecule is CCCCC/C(Cl)=C\C(=O)c1ccc(Br)cc1. The fraction of sp³-hybridized carbons (Fsp3) is 0.357. The van der Waals surface area contributed by atoms with Crippen LogP contribution >= 0.6 is 27.5 Å². The highest BCUT2D eigenvalue weighted by Gasteiger charge is 2.03. The van der Waals surface area contributed by atoms with E-state index in [0.717, 1.165) is 30.2 Å². The van der Waals surface area contributed by atoms with Crippen LogP contribution in [0.4, 0.5) is 0 Å². The van der Waals surface area contributed by atoms with Crippen LogP contribution < -0.4 is 0 Å². The summed E-state index contributed by atoms with van der Waals surface area (Å²) in [5.74, 6) is -0.0287. The first kappa shape index (κ1) is 14.5. The lowest BCUT2D eigenvalue weighted by atomic mass is 10.1. The van der Waals surface area contributed by atoms with Gasteiger partial charge in [-0.1, -0.05) is 47.3 Å². The molecule has 0 N–H and O–H groups in total. The molecule has 0 heterocycles. The van der Waals surface area contributed by atoms with E-state index in [0.29, 0.717) is 10.6 Å². The summed E-state index contributed by atoms with van der Waals surface area (Å²) in [5, 5.41) is 0.645. The lowest BCUT2D eigenvalue weighted by molar-refractivity contribution is 0.104. The van der Waals surface area contributed by atoms with E-state index in [2.05, 4.69) is 22.9 Å². The van der Waals surface area contributed by atoms with E-state index < -0.39 is 0 Å². The highest BCUT2D eigenvalue weighted by Crippen LogP contribution is 2.16. The highest BCUT2D eigenvalue weighted by atomic mass is 79.9. The quantitative estimate of drug-likeness (QED) is 0.394. The molecule has 1 aromatic carbocycles. The minimum absolute atomic E-state index is 0.0287. The van der Waals surface area contributed by atoms with Crippen LogP contribution in [0, 0.1) is 0 Å². The second kappa shape index (κ2) is 7.67. The molecule has 0 spiro atoms. The fourth-order valence-corrected chi connectivity index (χ4v) is 1.95. The van der Waals surface area contributed by atoms with Crippen molar-refractivity contribution in [3.63, 3.8) is 0 Å². The molecule has 0 aliphatic carbocycles.